The Balaban J connectivity index is 1.81. The number of rotatable bonds is 8. The number of hydrogen-bond acceptors (Lipinski definition) is 5. The summed E-state index contributed by atoms with van der Waals surface area (Å²) in [6.45, 7) is 0.0924. The van der Waals surface area contributed by atoms with Crippen LogP contribution < -0.4 is 4.74 Å². The van der Waals surface area contributed by atoms with Gasteiger partial charge in [0.15, 0.2) is 5.75 Å². The van der Waals surface area contributed by atoms with Gasteiger partial charge in [0.05, 0.1) is 18.1 Å². The molecule has 2 aromatic rings. The highest BCUT2D eigenvalue weighted by atomic mass is 19.1. The van der Waals surface area contributed by atoms with Crippen molar-refractivity contribution in [1.82, 2.24) is 0 Å². The Hall–Kier alpha value is -2.51. The molecule has 0 aliphatic carbocycles. The molecule has 0 fully saturated rings. The summed E-state index contributed by atoms with van der Waals surface area (Å²) in [6, 6.07) is 12.3. The summed E-state index contributed by atoms with van der Waals surface area (Å²) in [5.74, 6) is -0.877. The molecule has 1 unspecified atom stereocenters. The van der Waals surface area contributed by atoms with Crippen LogP contribution in [0.3, 0.4) is 0 Å². The highest BCUT2D eigenvalue weighted by Gasteiger charge is 2.17. The summed E-state index contributed by atoms with van der Waals surface area (Å²) in [5, 5.41) is 20.6. The van der Waals surface area contributed by atoms with Crippen molar-refractivity contribution in [2.24, 2.45) is 0 Å². The number of nitrogens with zero attached hydrogens (tertiary/aromatic N) is 1. The molecule has 0 saturated heterocycles. The van der Waals surface area contributed by atoms with E-state index in [1.165, 1.54) is 0 Å². The molecule has 2 aromatic carbocycles. The number of aliphatic hydroxyl groups is 1. The van der Waals surface area contributed by atoms with E-state index in [2.05, 4.69) is 0 Å². The standard InChI is InChI=1S/C16H16FNO5/c17-13-6-7-15(18(20)21)16(8-13)23-11-14(19)10-22-9-12-4-2-1-3-5-12/h1-8,14,19H,9-11H2. The number of benzene rings is 2. The first-order valence-corrected chi connectivity index (χ1v) is 6.92. The van der Waals surface area contributed by atoms with E-state index >= 15 is 0 Å². The van der Waals surface area contributed by atoms with Crippen molar-refractivity contribution in [2.45, 2.75) is 12.7 Å². The fourth-order valence-corrected chi connectivity index (χ4v) is 1.88. The lowest BCUT2D eigenvalue weighted by Crippen LogP contribution is -2.23. The van der Waals surface area contributed by atoms with Crippen molar-refractivity contribution in [3.05, 3.63) is 70.0 Å². The molecule has 1 atom stereocenters. The van der Waals surface area contributed by atoms with Crippen molar-refractivity contribution < 1.29 is 23.9 Å². The quantitative estimate of drug-likeness (QED) is 0.597. The lowest BCUT2D eigenvalue weighted by Gasteiger charge is -2.13. The van der Waals surface area contributed by atoms with Gasteiger partial charge in [-0.3, -0.25) is 10.1 Å². The summed E-state index contributed by atoms with van der Waals surface area (Å²) in [7, 11) is 0. The third kappa shape index (κ3) is 5.32. The lowest BCUT2D eigenvalue weighted by molar-refractivity contribution is -0.386. The van der Waals surface area contributed by atoms with Gasteiger partial charge in [0, 0.05) is 12.1 Å². The number of nitro groups is 1. The fraction of sp³-hybridized carbons (Fsp3) is 0.250. The Kier molecular flexibility index (Phi) is 6.02. The van der Waals surface area contributed by atoms with Crippen molar-refractivity contribution >= 4 is 5.69 Å². The zero-order valence-corrected chi connectivity index (χ0v) is 12.2. The van der Waals surface area contributed by atoms with E-state index < -0.39 is 16.8 Å². The molecule has 0 saturated carbocycles. The van der Waals surface area contributed by atoms with E-state index in [9.17, 15) is 19.6 Å². The van der Waals surface area contributed by atoms with Crippen molar-refractivity contribution in [2.75, 3.05) is 13.2 Å². The highest BCUT2D eigenvalue weighted by Crippen LogP contribution is 2.27. The predicted octanol–water partition coefficient (Wildman–Crippen LogP) is 2.69. The van der Waals surface area contributed by atoms with Crippen LogP contribution in [-0.2, 0) is 11.3 Å². The molecule has 0 radical (unpaired) electrons. The molecule has 0 aliphatic heterocycles. The molecule has 122 valence electrons. The van der Waals surface area contributed by atoms with Crippen LogP contribution >= 0.6 is 0 Å². The Labute approximate surface area is 132 Å². The van der Waals surface area contributed by atoms with Crippen LogP contribution in [0.1, 0.15) is 5.56 Å². The summed E-state index contributed by atoms with van der Waals surface area (Å²) >= 11 is 0. The molecular weight excluding hydrogens is 305 g/mol. The molecule has 0 amide bonds. The molecule has 0 spiro atoms. The van der Waals surface area contributed by atoms with Crippen LogP contribution in [-0.4, -0.2) is 29.3 Å². The highest BCUT2D eigenvalue weighted by molar-refractivity contribution is 5.46. The van der Waals surface area contributed by atoms with Gasteiger partial charge in [-0.2, -0.15) is 0 Å². The van der Waals surface area contributed by atoms with Crippen LogP contribution in [0.4, 0.5) is 10.1 Å². The van der Waals surface area contributed by atoms with Gasteiger partial charge in [-0.15, -0.1) is 0 Å². The molecule has 2 rings (SSSR count). The number of nitro benzene ring substituents is 1. The SMILES string of the molecule is O=[N+]([O-])c1ccc(F)cc1OCC(O)COCc1ccccc1. The third-order valence-electron chi connectivity index (χ3n) is 2.97. The molecule has 6 nitrogen and oxygen atoms in total. The maximum Gasteiger partial charge on any atom is 0.311 e. The monoisotopic (exact) mass is 321 g/mol. The van der Waals surface area contributed by atoms with Gasteiger partial charge in [-0.25, -0.2) is 4.39 Å². The second-order valence-corrected chi connectivity index (χ2v) is 4.83. The minimum atomic E-state index is -0.985. The summed E-state index contributed by atoms with van der Waals surface area (Å²) in [6.07, 6.45) is -0.985. The molecule has 0 aliphatic rings. The predicted molar refractivity (Wildman–Crippen MR) is 80.7 cm³/mol. The summed E-state index contributed by atoms with van der Waals surface area (Å²) in [5.41, 5.74) is 0.602. The molecule has 1 N–H and O–H groups in total. The van der Waals surface area contributed by atoms with Crippen LogP contribution in [0.5, 0.6) is 5.75 Å². The van der Waals surface area contributed by atoms with Gasteiger partial charge in [-0.05, 0) is 11.6 Å². The van der Waals surface area contributed by atoms with Crippen LogP contribution in [0.15, 0.2) is 48.5 Å². The normalized spacial score (nSPS) is 11.9. The number of halogens is 1. The van der Waals surface area contributed by atoms with Crippen LogP contribution in [0.2, 0.25) is 0 Å². The smallest absolute Gasteiger partial charge is 0.311 e. The molecule has 23 heavy (non-hydrogen) atoms. The zero-order chi connectivity index (χ0) is 16.7. The van der Waals surface area contributed by atoms with Crippen molar-refractivity contribution in [1.29, 1.82) is 0 Å². The molecule has 0 aromatic heterocycles. The summed E-state index contributed by atoms with van der Waals surface area (Å²) < 4.78 is 23.6. The second-order valence-electron chi connectivity index (χ2n) is 4.83. The van der Waals surface area contributed by atoms with Crippen LogP contribution in [0, 0.1) is 15.9 Å². The Morgan fingerprint density at radius 1 is 1.17 bits per heavy atom. The van der Waals surface area contributed by atoms with E-state index in [0.717, 1.165) is 23.8 Å². The first kappa shape index (κ1) is 16.9. The lowest BCUT2D eigenvalue weighted by atomic mass is 10.2. The Morgan fingerprint density at radius 3 is 2.61 bits per heavy atom. The molecule has 7 heteroatoms. The fourth-order valence-electron chi connectivity index (χ4n) is 1.88. The third-order valence-corrected chi connectivity index (χ3v) is 2.97. The molecular formula is C16H16FNO5. The van der Waals surface area contributed by atoms with Crippen LogP contribution in [0.25, 0.3) is 0 Å². The molecule has 0 bridgehead atoms. The number of ether oxygens (including phenoxy) is 2. The first-order chi connectivity index (χ1) is 11.1. The minimum Gasteiger partial charge on any atom is -0.484 e. The topological polar surface area (TPSA) is 81.8 Å². The first-order valence-electron chi connectivity index (χ1n) is 6.92. The van der Waals surface area contributed by atoms with E-state index in [4.69, 9.17) is 9.47 Å². The summed E-state index contributed by atoms with van der Waals surface area (Å²) in [4.78, 5) is 10.1. The van der Waals surface area contributed by atoms with Gasteiger partial charge in [0.2, 0.25) is 0 Å². The largest absolute Gasteiger partial charge is 0.484 e. The maximum atomic E-state index is 13.1. The van der Waals surface area contributed by atoms with Gasteiger partial charge in [0.25, 0.3) is 0 Å². The van der Waals surface area contributed by atoms with Gasteiger partial charge >= 0.3 is 5.69 Å². The second kappa shape index (κ2) is 8.21. The number of aliphatic hydroxyl groups excluding tert-OH is 1. The average molecular weight is 321 g/mol. The van der Waals surface area contributed by atoms with Gasteiger partial charge < -0.3 is 14.6 Å². The van der Waals surface area contributed by atoms with Crippen molar-refractivity contribution in [3.63, 3.8) is 0 Å². The average Bonchev–Trinajstić information content (AvgIpc) is 2.53. The minimum absolute atomic E-state index is 0.00198. The van der Waals surface area contributed by atoms with Crippen molar-refractivity contribution in [3.8, 4) is 5.75 Å². The van der Waals surface area contributed by atoms with E-state index in [-0.39, 0.29) is 24.7 Å². The van der Waals surface area contributed by atoms with E-state index in [1.54, 1.807) is 0 Å². The maximum absolute atomic E-state index is 13.1. The zero-order valence-electron chi connectivity index (χ0n) is 12.2. The Bertz CT molecular complexity index is 650. The van der Waals surface area contributed by atoms with E-state index in [1.807, 2.05) is 30.3 Å². The van der Waals surface area contributed by atoms with E-state index in [0.29, 0.717) is 6.61 Å². The molecule has 0 heterocycles. The van der Waals surface area contributed by atoms with Gasteiger partial charge in [0.1, 0.15) is 18.5 Å². The Morgan fingerprint density at radius 2 is 1.91 bits per heavy atom. The number of hydrogen-bond donors (Lipinski definition) is 1. The van der Waals surface area contributed by atoms with Gasteiger partial charge in [-0.1, -0.05) is 30.3 Å².